The van der Waals surface area contributed by atoms with Gasteiger partial charge in [-0.1, -0.05) is 19.3 Å². The van der Waals surface area contributed by atoms with Crippen LogP contribution in [0.25, 0.3) is 0 Å². The Kier molecular flexibility index (Phi) is 4.01. The minimum Gasteiger partial charge on any atom is -0.480 e. The van der Waals surface area contributed by atoms with Crippen LogP contribution in [0, 0.1) is 6.92 Å². The lowest BCUT2D eigenvalue weighted by molar-refractivity contribution is -0.139. The van der Waals surface area contributed by atoms with E-state index in [0.717, 1.165) is 11.4 Å². The van der Waals surface area contributed by atoms with Gasteiger partial charge in [0.25, 0.3) is 0 Å². The van der Waals surface area contributed by atoms with E-state index in [1.54, 1.807) is 7.05 Å². The summed E-state index contributed by atoms with van der Waals surface area (Å²) in [5.41, 5.74) is 2.07. The molecule has 1 fully saturated rings. The molecule has 1 aromatic heterocycles. The number of likely N-dealkylation sites (N-methyl/N-ethyl adjacent to an activating group) is 1. The van der Waals surface area contributed by atoms with Crippen LogP contribution in [0.3, 0.4) is 0 Å². The van der Waals surface area contributed by atoms with Gasteiger partial charge in [-0.25, -0.2) is 4.98 Å². The molecule has 1 heterocycles. The Morgan fingerprint density at radius 1 is 1.44 bits per heavy atom. The molecule has 1 saturated carbocycles. The number of hydrogen-bond acceptors (Lipinski definition) is 3. The fraction of sp³-hybridized carbons (Fsp3) is 0.692. The van der Waals surface area contributed by atoms with Gasteiger partial charge in [-0.05, 0) is 26.8 Å². The molecule has 0 radical (unpaired) electrons. The van der Waals surface area contributed by atoms with Crippen molar-refractivity contribution in [1.82, 2.24) is 15.3 Å². The van der Waals surface area contributed by atoms with E-state index in [2.05, 4.69) is 15.3 Å². The fourth-order valence-electron chi connectivity index (χ4n) is 2.79. The zero-order valence-electron chi connectivity index (χ0n) is 11.0. The third-order valence-electron chi connectivity index (χ3n) is 3.74. The van der Waals surface area contributed by atoms with Crippen molar-refractivity contribution in [2.75, 3.05) is 7.05 Å². The summed E-state index contributed by atoms with van der Waals surface area (Å²) in [4.78, 5) is 18.8. The number of carboxylic acid groups (broad SMARTS) is 1. The Hall–Kier alpha value is -1.36. The number of rotatable bonds is 4. The Morgan fingerprint density at radius 2 is 2.11 bits per heavy atom. The average molecular weight is 251 g/mol. The fourth-order valence-corrected chi connectivity index (χ4v) is 2.79. The summed E-state index contributed by atoms with van der Waals surface area (Å²) < 4.78 is 0. The van der Waals surface area contributed by atoms with Gasteiger partial charge in [-0.2, -0.15) is 0 Å². The summed E-state index contributed by atoms with van der Waals surface area (Å²) in [5, 5.41) is 11.9. The van der Waals surface area contributed by atoms with Crippen molar-refractivity contribution in [3.8, 4) is 0 Å². The Bertz CT molecular complexity index is 422. The second kappa shape index (κ2) is 5.52. The first kappa shape index (κ1) is 13.1. The number of aliphatic carboxylic acids is 1. The molecular formula is C13H21N3O2. The maximum absolute atomic E-state index is 11.1. The van der Waals surface area contributed by atoms with Crippen LogP contribution in [0.4, 0.5) is 0 Å². The van der Waals surface area contributed by atoms with Crippen molar-refractivity contribution in [3.05, 3.63) is 17.2 Å². The molecule has 1 atom stereocenters. The topological polar surface area (TPSA) is 78.0 Å². The Morgan fingerprint density at radius 3 is 2.67 bits per heavy atom. The monoisotopic (exact) mass is 251 g/mol. The smallest absolute Gasteiger partial charge is 0.328 e. The maximum Gasteiger partial charge on any atom is 0.328 e. The first-order valence-electron chi connectivity index (χ1n) is 6.60. The van der Waals surface area contributed by atoms with Gasteiger partial charge in [-0.15, -0.1) is 0 Å². The summed E-state index contributed by atoms with van der Waals surface area (Å²) in [6.07, 6.45) is 6.15. The molecule has 0 amide bonds. The molecule has 0 saturated heterocycles. The van der Waals surface area contributed by atoms with Gasteiger partial charge in [0, 0.05) is 11.6 Å². The van der Waals surface area contributed by atoms with E-state index in [-0.39, 0.29) is 0 Å². The molecule has 1 aromatic rings. The molecule has 1 aliphatic rings. The van der Waals surface area contributed by atoms with Crippen molar-refractivity contribution in [2.45, 2.75) is 51.0 Å². The van der Waals surface area contributed by atoms with E-state index in [4.69, 9.17) is 5.11 Å². The number of carbonyl (C=O) groups is 1. The lowest BCUT2D eigenvalue weighted by Crippen LogP contribution is -2.26. The van der Waals surface area contributed by atoms with Gasteiger partial charge in [0.1, 0.15) is 5.82 Å². The van der Waals surface area contributed by atoms with E-state index >= 15 is 0 Å². The molecule has 0 spiro atoms. The SMILES string of the molecule is CNC(C(=O)O)c1nc(C2CCCCC2)c(C)[nH]1. The van der Waals surface area contributed by atoms with Crippen LogP contribution in [0.2, 0.25) is 0 Å². The molecule has 3 N–H and O–H groups in total. The first-order chi connectivity index (χ1) is 8.63. The molecule has 2 rings (SSSR count). The molecule has 0 aliphatic heterocycles. The van der Waals surface area contributed by atoms with Gasteiger partial charge in [0.15, 0.2) is 6.04 Å². The summed E-state index contributed by atoms with van der Waals surface area (Å²) in [5.74, 6) is 0.111. The molecule has 0 bridgehead atoms. The number of carboxylic acids is 1. The molecule has 1 aliphatic carbocycles. The number of aryl methyl sites for hydroxylation is 1. The second-order valence-electron chi connectivity index (χ2n) is 5.03. The highest BCUT2D eigenvalue weighted by atomic mass is 16.4. The van der Waals surface area contributed by atoms with Gasteiger partial charge in [0.05, 0.1) is 5.69 Å². The number of nitrogens with zero attached hydrogens (tertiary/aromatic N) is 1. The van der Waals surface area contributed by atoms with Crippen LogP contribution in [0.1, 0.15) is 61.3 Å². The van der Waals surface area contributed by atoms with Crippen LogP contribution in [0.5, 0.6) is 0 Å². The quantitative estimate of drug-likeness (QED) is 0.766. The maximum atomic E-state index is 11.1. The Labute approximate surface area is 107 Å². The van der Waals surface area contributed by atoms with Crippen LogP contribution < -0.4 is 5.32 Å². The number of imidazole rings is 1. The average Bonchev–Trinajstić information content (AvgIpc) is 2.73. The predicted molar refractivity (Wildman–Crippen MR) is 68.6 cm³/mol. The summed E-state index contributed by atoms with van der Waals surface area (Å²) in [7, 11) is 1.64. The van der Waals surface area contributed by atoms with Crippen molar-refractivity contribution in [2.24, 2.45) is 0 Å². The molecule has 5 nitrogen and oxygen atoms in total. The van der Waals surface area contributed by atoms with Crippen LogP contribution >= 0.6 is 0 Å². The van der Waals surface area contributed by atoms with E-state index in [1.165, 1.54) is 32.1 Å². The number of hydrogen-bond donors (Lipinski definition) is 3. The van der Waals surface area contributed by atoms with E-state index in [0.29, 0.717) is 11.7 Å². The zero-order valence-corrected chi connectivity index (χ0v) is 11.0. The first-order valence-corrected chi connectivity index (χ1v) is 6.60. The highest BCUT2D eigenvalue weighted by molar-refractivity contribution is 5.74. The van der Waals surface area contributed by atoms with Gasteiger partial charge in [-0.3, -0.25) is 4.79 Å². The van der Waals surface area contributed by atoms with Gasteiger partial charge < -0.3 is 15.4 Å². The van der Waals surface area contributed by atoms with E-state index < -0.39 is 12.0 Å². The highest BCUT2D eigenvalue weighted by Crippen LogP contribution is 2.33. The van der Waals surface area contributed by atoms with Gasteiger partial charge >= 0.3 is 5.97 Å². The molecule has 0 aromatic carbocycles. The second-order valence-corrected chi connectivity index (χ2v) is 5.03. The third-order valence-corrected chi connectivity index (χ3v) is 3.74. The van der Waals surface area contributed by atoms with E-state index in [9.17, 15) is 4.79 Å². The molecule has 18 heavy (non-hydrogen) atoms. The van der Waals surface area contributed by atoms with E-state index in [1.807, 2.05) is 6.92 Å². The number of nitrogens with one attached hydrogen (secondary N) is 2. The lowest BCUT2D eigenvalue weighted by Gasteiger charge is -2.20. The largest absolute Gasteiger partial charge is 0.480 e. The number of H-pyrrole nitrogens is 1. The number of aromatic nitrogens is 2. The normalized spacial score (nSPS) is 18.8. The van der Waals surface area contributed by atoms with Crippen molar-refractivity contribution in [1.29, 1.82) is 0 Å². The van der Waals surface area contributed by atoms with Crippen LogP contribution in [-0.4, -0.2) is 28.1 Å². The molecular weight excluding hydrogens is 230 g/mol. The third kappa shape index (κ3) is 2.56. The van der Waals surface area contributed by atoms with Crippen molar-refractivity contribution >= 4 is 5.97 Å². The molecule has 5 heteroatoms. The summed E-state index contributed by atoms with van der Waals surface area (Å²) in [6, 6.07) is -0.749. The van der Waals surface area contributed by atoms with Crippen molar-refractivity contribution in [3.63, 3.8) is 0 Å². The predicted octanol–water partition coefficient (Wildman–Crippen LogP) is 2.11. The minimum absolute atomic E-state index is 0.495. The van der Waals surface area contributed by atoms with Gasteiger partial charge in [0.2, 0.25) is 0 Å². The van der Waals surface area contributed by atoms with Crippen molar-refractivity contribution < 1.29 is 9.90 Å². The standard InChI is InChI=1S/C13H21N3O2/c1-8-10(9-6-4-3-5-7-9)16-12(15-8)11(14-2)13(17)18/h9,11,14H,3-7H2,1-2H3,(H,15,16)(H,17,18). The summed E-state index contributed by atoms with van der Waals surface area (Å²) >= 11 is 0. The van der Waals surface area contributed by atoms with Crippen LogP contribution in [0.15, 0.2) is 0 Å². The van der Waals surface area contributed by atoms with Crippen LogP contribution in [-0.2, 0) is 4.79 Å². The minimum atomic E-state index is -0.901. The summed E-state index contributed by atoms with van der Waals surface area (Å²) in [6.45, 7) is 1.98. The number of aromatic amines is 1. The highest BCUT2D eigenvalue weighted by Gasteiger charge is 2.25. The lowest BCUT2D eigenvalue weighted by atomic mass is 9.86. The zero-order chi connectivity index (χ0) is 13.1. The molecule has 1 unspecified atom stereocenters. The molecule has 100 valence electrons. The Balaban J connectivity index is 2.22.